The van der Waals surface area contributed by atoms with Gasteiger partial charge in [0.25, 0.3) is 0 Å². The molecule has 33 heavy (non-hydrogen) atoms. The number of hydrogen-bond acceptors (Lipinski definition) is 4. The number of alkyl halides is 3. The van der Waals surface area contributed by atoms with Crippen molar-refractivity contribution in [1.29, 1.82) is 0 Å². The standard InChI is InChI=1S/C21H21N3O2.C2HF3O2/c1-26-20-15-18(7-9-19(20)24-14-13-22-16-24)8-10-21(25)23-12-11-17-5-3-2-4-6-17;3-2(4,5)1(6)7/h2-10,13-16H,11-12H2,1H3,(H,23,25);(H,6,7)/b10-8+;. The molecule has 0 bridgehead atoms. The van der Waals surface area contributed by atoms with Crippen molar-refractivity contribution in [2.24, 2.45) is 0 Å². The normalized spacial score (nSPS) is 10.9. The fourth-order valence-corrected chi connectivity index (χ4v) is 2.62. The summed E-state index contributed by atoms with van der Waals surface area (Å²) in [6.45, 7) is 0.607. The molecule has 0 aliphatic heterocycles. The molecule has 0 fully saturated rings. The molecule has 0 saturated heterocycles. The molecule has 0 radical (unpaired) electrons. The molecule has 2 aromatic carbocycles. The minimum atomic E-state index is -5.08. The molecule has 0 saturated carbocycles. The van der Waals surface area contributed by atoms with Crippen molar-refractivity contribution in [3.05, 3.63) is 84.5 Å². The van der Waals surface area contributed by atoms with E-state index < -0.39 is 12.1 Å². The minimum absolute atomic E-state index is 0.112. The van der Waals surface area contributed by atoms with E-state index in [1.807, 2.05) is 47.2 Å². The molecule has 0 spiro atoms. The third-order valence-electron chi connectivity index (χ3n) is 4.21. The number of methoxy groups -OCH3 is 1. The second-order valence-corrected chi connectivity index (χ2v) is 6.56. The molecule has 7 nitrogen and oxygen atoms in total. The number of aliphatic carboxylic acids is 1. The first kappa shape index (κ1) is 25.2. The molecule has 1 amide bonds. The number of halogens is 3. The van der Waals surface area contributed by atoms with Crippen molar-refractivity contribution in [3.63, 3.8) is 0 Å². The van der Waals surface area contributed by atoms with E-state index in [0.717, 1.165) is 23.4 Å². The molecule has 0 aliphatic rings. The first-order chi connectivity index (χ1) is 15.7. The van der Waals surface area contributed by atoms with Gasteiger partial charge in [0.1, 0.15) is 5.75 Å². The highest BCUT2D eigenvalue weighted by molar-refractivity contribution is 5.91. The van der Waals surface area contributed by atoms with Crippen LogP contribution in [0.15, 0.2) is 73.3 Å². The lowest BCUT2D eigenvalue weighted by Crippen LogP contribution is -2.23. The predicted octanol–water partition coefficient (Wildman–Crippen LogP) is 3.89. The van der Waals surface area contributed by atoms with Gasteiger partial charge in [-0.3, -0.25) is 4.79 Å². The summed E-state index contributed by atoms with van der Waals surface area (Å²) >= 11 is 0. The summed E-state index contributed by atoms with van der Waals surface area (Å²) in [5, 5.41) is 10.0. The van der Waals surface area contributed by atoms with E-state index >= 15 is 0 Å². The van der Waals surface area contributed by atoms with Gasteiger partial charge in [0.2, 0.25) is 5.91 Å². The second kappa shape index (κ2) is 12.1. The first-order valence-electron chi connectivity index (χ1n) is 9.67. The number of ether oxygens (including phenoxy) is 1. The maximum atomic E-state index is 12.0. The molecular formula is C23H22F3N3O4. The lowest BCUT2D eigenvalue weighted by atomic mass is 10.1. The van der Waals surface area contributed by atoms with Crippen LogP contribution in [-0.2, 0) is 16.0 Å². The summed E-state index contributed by atoms with van der Waals surface area (Å²) in [6.07, 6.45) is 4.33. The van der Waals surface area contributed by atoms with Crippen LogP contribution in [-0.4, -0.2) is 46.4 Å². The van der Waals surface area contributed by atoms with Crippen molar-refractivity contribution in [2.45, 2.75) is 12.6 Å². The van der Waals surface area contributed by atoms with Crippen molar-refractivity contribution in [1.82, 2.24) is 14.9 Å². The first-order valence-corrected chi connectivity index (χ1v) is 9.67. The lowest BCUT2D eigenvalue weighted by Gasteiger charge is -2.09. The van der Waals surface area contributed by atoms with Crippen LogP contribution < -0.4 is 10.1 Å². The van der Waals surface area contributed by atoms with Gasteiger partial charge in [-0.25, -0.2) is 9.78 Å². The summed E-state index contributed by atoms with van der Waals surface area (Å²) in [6, 6.07) is 15.8. The highest BCUT2D eigenvalue weighted by atomic mass is 19.4. The number of benzene rings is 2. The SMILES string of the molecule is COc1cc(/C=C/C(=O)NCCc2ccccc2)ccc1-n1ccnc1.O=C(O)C(F)(F)F. The molecule has 0 unspecified atom stereocenters. The number of carbonyl (C=O) groups excluding carboxylic acids is 1. The molecular weight excluding hydrogens is 439 g/mol. The Labute approximate surface area is 188 Å². The van der Waals surface area contributed by atoms with Crippen LogP contribution in [0.3, 0.4) is 0 Å². The number of nitrogens with zero attached hydrogens (tertiary/aromatic N) is 2. The van der Waals surface area contributed by atoms with Gasteiger partial charge in [-0.15, -0.1) is 0 Å². The van der Waals surface area contributed by atoms with Crippen LogP contribution in [0.5, 0.6) is 5.75 Å². The van der Waals surface area contributed by atoms with Gasteiger partial charge >= 0.3 is 12.1 Å². The topological polar surface area (TPSA) is 93.5 Å². The Morgan fingerprint density at radius 2 is 1.88 bits per heavy atom. The fourth-order valence-electron chi connectivity index (χ4n) is 2.62. The second-order valence-electron chi connectivity index (χ2n) is 6.56. The van der Waals surface area contributed by atoms with Gasteiger partial charge < -0.3 is 19.7 Å². The molecule has 174 valence electrons. The van der Waals surface area contributed by atoms with Gasteiger partial charge in [0, 0.05) is 25.0 Å². The Morgan fingerprint density at radius 3 is 2.45 bits per heavy atom. The summed E-state index contributed by atoms with van der Waals surface area (Å²) in [7, 11) is 1.62. The quantitative estimate of drug-likeness (QED) is 0.521. The Balaban J connectivity index is 0.000000479. The molecule has 2 N–H and O–H groups in total. The van der Waals surface area contributed by atoms with Gasteiger partial charge in [0.15, 0.2) is 0 Å². The third kappa shape index (κ3) is 8.52. The number of imidazole rings is 1. The average molecular weight is 461 g/mol. The zero-order chi connectivity index (χ0) is 24.3. The molecule has 0 aliphatic carbocycles. The maximum Gasteiger partial charge on any atom is 0.490 e. The minimum Gasteiger partial charge on any atom is -0.495 e. The Morgan fingerprint density at radius 1 is 1.18 bits per heavy atom. The third-order valence-corrected chi connectivity index (χ3v) is 4.21. The van der Waals surface area contributed by atoms with E-state index in [9.17, 15) is 18.0 Å². The van der Waals surface area contributed by atoms with Crippen LogP contribution in [0.1, 0.15) is 11.1 Å². The largest absolute Gasteiger partial charge is 0.495 e. The molecule has 3 rings (SSSR count). The fraction of sp³-hybridized carbons (Fsp3) is 0.174. The van der Waals surface area contributed by atoms with Gasteiger partial charge in [-0.2, -0.15) is 13.2 Å². The van der Waals surface area contributed by atoms with E-state index in [2.05, 4.69) is 22.4 Å². The number of carboxylic acid groups (broad SMARTS) is 1. The molecule has 10 heteroatoms. The summed E-state index contributed by atoms with van der Waals surface area (Å²) in [5.74, 6) is -2.15. The predicted molar refractivity (Wildman–Crippen MR) is 116 cm³/mol. The Bertz CT molecular complexity index is 1070. The van der Waals surface area contributed by atoms with Crippen LogP contribution in [0.4, 0.5) is 13.2 Å². The van der Waals surface area contributed by atoms with E-state index in [1.165, 1.54) is 11.6 Å². The summed E-state index contributed by atoms with van der Waals surface area (Å²) < 4.78 is 39.1. The van der Waals surface area contributed by atoms with E-state index in [4.69, 9.17) is 14.6 Å². The van der Waals surface area contributed by atoms with Gasteiger partial charge in [-0.05, 0) is 35.8 Å². The van der Waals surface area contributed by atoms with Crippen LogP contribution >= 0.6 is 0 Å². The zero-order valence-electron chi connectivity index (χ0n) is 17.6. The molecule has 1 aromatic heterocycles. The number of amides is 1. The number of carboxylic acids is 1. The monoisotopic (exact) mass is 461 g/mol. The number of hydrogen-bond donors (Lipinski definition) is 2. The van der Waals surface area contributed by atoms with E-state index in [1.54, 1.807) is 25.7 Å². The summed E-state index contributed by atoms with van der Waals surface area (Å²) in [4.78, 5) is 24.9. The number of carbonyl (C=O) groups is 2. The van der Waals surface area contributed by atoms with Gasteiger partial charge in [0.05, 0.1) is 19.1 Å². The maximum absolute atomic E-state index is 12.0. The van der Waals surface area contributed by atoms with E-state index in [0.29, 0.717) is 6.54 Å². The Kier molecular flexibility index (Phi) is 9.22. The molecule has 3 aromatic rings. The number of aromatic nitrogens is 2. The summed E-state index contributed by atoms with van der Waals surface area (Å²) in [5.41, 5.74) is 3.00. The zero-order valence-corrected chi connectivity index (χ0v) is 17.6. The van der Waals surface area contributed by atoms with Crippen molar-refractivity contribution < 1.29 is 32.6 Å². The number of rotatable bonds is 7. The highest BCUT2D eigenvalue weighted by Gasteiger charge is 2.38. The van der Waals surface area contributed by atoms with Crippen LogP contribution in [0.25, 0.3) is 11.8 Å². The van der Waals surface area contributed by atoms with Gasteiger partial charge in [-0.1, -0.05) is 36.4 Å². The molecule has 0 atom stereocenters. The van der Waals surface area contributed by atoms with Crippen molar-refractivity contribution in [2.75, 3.05) is 13.7 Å². The molecule has 1 heterocycles. The van der Waals surface area contributed by atoms with E-state index in [-0.39, 0.29) is 5.91 Å². The average Bonchev–Trinajstić information content (AvgIpc) is 3.33. The van der Waals surface area contributed by atoms with Crippen molar-refractivity contribution in [3.8, 4) is 11.4 Å². The number of nitrogens with one attached hydrogen (secondary N) is 1. The highest BCUT2D eigenvalue weighted by Crippen LogP contribution is 2.24. The van der Waals surface area contributed by atoms with Crippen LogP contribution in [0, 0.1) is 0 Å². The Hall–Kier alpha value is -4.08. The smallest absolute Gasteiger partial charge is 0.490 e. The lowest BCUT2D eigenvalue weighted by molar-refractivity contribution is -0.192. The van der Waals surface area contributed by atoms with Crippen LogP contribution in [0.2, 0.25) is 0 Å². The van der Waals surface area contributed by atoms with Crippen molar-refractivity contribution >= 4 is 18.0 Å².